The monoisotopic (exact) mass is 217 g/mol. The van der Waals surface area contributed by atoms with E-state index in [2.05, 4.69) is 12.2 Å². The van der Waals surface area contributed by atoms with Gasteiger partial charge in [-0.1, -0.05) is 36.5 Å². The summed E-state index contributed by atoms with van der Waals surface area (Å²) in [5.74, 6) is 0. The van der Waals surface area contributed by atoms with E-state index in [9.17, 15) is 0 Å². The van der Waals surface area contributed by atoms with Gasteiger partial charge < -0.3 is 5.32 Å². The summed E-state index contributed by atoms with van der Waals surface area (Å²) in [6, 6.07) is 5.49. The highest BCUT2D eigenvalue weighted by atomic mass is 35.5. The van der Waals surface area contributed by atoms with Crippen LogP contribution in [0, 0.1) is 0 Å². The quantitative estimate of drug-likeness (QED) is 0.746. The summed E-state index contributed by atoms with van der Waals surface area (Å²) in [7, 11) is 0. The molecule has 0 aliphatic heterocycles. The summed E-state index contributed by atoms with van der Waals surface area (Å²) in [6.07, 6.45) is 2.33. The van der Waals surface area contributed by atoms with Gasteiger partial charge in [-0.2, -0.15) is 0 Å². The zero-order valence-electron chi connectivity index (χ0n) is 7.61. The fraction of sp³-hybridized carbons (Fsp3) is 0.400. The Labute approximate surface area is 89.0 Å². The Hall–Kier alpha value is -0.400. The van der Waals surface area contributed by atoms with E-state index < -0.39 is 0 Å². The van der Waals surface area contributed by atoms with Crippen molar-refractivity contribution in [2.24, 2.45) is 0 Å². The van der Waals surface area contributed by atoms with Crippen LogP contribution in [0.1, 0.15) is 19.8 Å². The molecular weight excluding hydrogens is 205 g/mol. The van der Waals surface area contributed by atoms with Gasteiger partial charge >= 0.3 is 0 Å². The van der Waals surface area contributed by atoms with E-state index >= 15 is 0 Å². The van der Waals surface area contributed by atoms with Crippen molar-refractivity contribution in [3.8, 4) is 0 Å². The Balaban J connectivity index is 2.56. The summed E-state index contributed by atoms with van der Waals surface area (Å²) < 4.78 is 0. The molecule has 0 bridgehead atoms. The van der Waals surface area contributed by atoms with Crippen molar-refractivity contribution in [3.05, 3.63) is 28.2 Å². The third-order valence-corrected chi connectivity index (χ3v) is 2.32. The molecule has 1 aromatic carbocycles. The molecule has 1 N–H and O–H groups in total. The number of hydrogen-bond acceptors (Lipinski definition) is 1. The van der Waals surface area contributed by atoms with E-state index in [1.807, 2.05) is 12.1 Å². The molecule has 72 valence electrons. The zero-order valence-corrected chi connectivity index (χ0v) is 9.12. The van der Waals surface area contributed by atoms with Crippen LogP contribution in [-0.4, -0.2) is 6.54 Å². The largest absolute Gasteiger partial charge is 0.384 e. The molecule has 0 saturated heterocycles. The number of hydrogen-bond donors (Lipinski definition) is 1. The molecular formula is C10H13Cl2N. The molecule has 0 spiro atoms. The zero-order chi connectivity index (χ0) is 9.68. The van der Waals surface area contributed by atoms with E-state index in [0.29, 0.717) is 10.0 Å². The molecule has 1 rings (SSSR count). The predicted octanol–water partition coefficient (Wildman–Crippen LogP) is 4.21. The maximum atomic E-state index is 5.96. The van der Waals surface area contributed by atoms with Crippen LogP contribution >= 0.6 is 23.2 Å². The van der Waals surface area contributed by atoms with Gasteiger partial charge in [0.15, 0.2) is 0 Å². The minimum absolute atomic E-state index is 0.672. The van der Waals surface area contributed by atoms with Gasteiger partial charge in [0.25, 0.3) is 0 Å². The third-order valence-electron chi connectivity index (χ3n) is 1.78. The van der Waals surface area contributed by atoms with Crippen LogP contribution in [0.5, 0.6) is 0 Å². The van der Waals surface area contributed by atoms with Crippen LogP contribution in [0.25, 0.3) is 0 Å². The first-order valence-corrected chi connectivity index (χ1v) is 5.18. The minimum atomic E-state index is 0.672. The molecule has 0 radical (unpaired) electrons. The van der Waals surface area contributed by atoms with E-state index in [0.717, 1.165) is 18.7 Å². The minimum Gasteiger partial charge on any atom is -0.384 e. The lowest BCUT2D eigenvalue weighted by Gasteiger charge is -2.07. The van der Waals surface area contributed by atoms with Gasteiger partial charge in [-0.05, 0) is 24.6 Å². The standard InChI is InChI=1S/C10H13Cl2N/c1-2-3-6-13-10-5-4-8(11)7-9(10)12/h4-5,7,13H,2-3,6H2,1H3. The van der Waals surface area contributed by atoms with Crippen LogP contribution in [0.3, 0.4) is 0 Å². The van der Waals surface area contributed by atoms with Gasteiger partial charge in [-0.25, -0.2) is 0 Å². The first kappa shape index (κ1) is 10.7. The van der Waals surface area contributed by atoms with E-state index in [4.69, 9.17) is 23.2 Å². The fourth-order valence-corrected chi connectivity index (χ4v) is 1.51. The summed E-state index contributed by atoms with van der Waals surface area (Å²) in [6.45, 7) is 3.11. The van der Waals surface area contributed by atoms with Crippen molar-refractivity contribution in [2.75, 3.05) is 11.9 Å². The average Bonchev–Trinajstić information content (AvgIpc) is 2.09. The van der Waals surface area contributed by atoms with E-state index in [1.54, 1.807) is 6.07 Å². The Morgan fingerprint density at radius 2 is 2.08 bits per heavy atom. The number of halogens is 2. The molecule has 0 aliphatic rings. The fourth-order valence-electron chi connectivity index (χ4n) is 1.03. The van der Waals surface area contributed by atoms with Gasteiger partial charge in [-0.15, -0.1) is 0 Å². The Kier molecular flexibility index (Phi) is 4.40. The molecule has 0 amide bonds. The first-order chi connectivity index (χ1) is 6.24. The average molecular weight is 218 g/mol. The van der Waals surface area contributed by atoms with Crippen molar-refractivity contribution >= 4 is 28.9 Å². The second kappa shape index (κ2) is 5.36. The number of anilines is 1. The maximum absolute atomic E-state index is 5.96. The number of rotatable bonds is 4. The molecule has 1 aromatic rings. The summed E-state index contributed by atoms with van der Waals surface area (Å²) in [4.78, 5) is 0. The number of unbranched alkanes of at least 4 members (excludes halogenated alkanes) is 1. The Bertz CT molecular complexity index is 274. The van der Waals surface area contributed by atoms with Crippen molar-refractivity contribution in [1.82, 2.24) is 0 Å². The molecule has 0 unspecified atom stereocenters. The Morgan fingerprint density at radius 3 is 2.69 bits per heavy atom. The van der Waals surface area contributed by atoms with Crippen molar-refractivity contribution in [1.29, 1.82) is 0 Å². The van der Waals surface area contributed by atoms with E-state index in [-0.39, 0.29) is 0 Å². The lowest BCUT2D eigenvalue weighted by Crippen LogP contribution is -2.00. The van der Waals surface area contributed by atoms with Gasteiger partial charge in [0, 0.05) is 11.6 Å². The number of benzene rings is 1. The highest BCUT2D eigenvalue weighted by Gasteiger charge is 1.98. The van der Waals surface area contributed by atoms with Crippen LogP contribution < -0.4 is 5.32 Å². The summed E-state index contributed by atoms with van der Waals surface area (Å²) >= 11 is 11.7. The second-order valence-corrected chi connectivity index (χ2v) is 3.75. The smallest absolute Gasteiger partial charge is 0.0652 e. The molecule has 0 atom stereocenters. The molecule has 1 nitrogen and oxygen atoms in total. The van der Waals surface area contributed by atoms with Crippen LogP contribution in [0.15, 0.2) is 18.2 Å². The third kappa shape index (κ3) is 3.45. The van der Waals surface area contributed by atoms with Crippen LogP contribution in [0.4, 0.5) is 5.69 Å². The number of nitrogens with one attached hydrogen (secondary N) is 1. The molecule has 13 heavy (non-hydrogen) atoms. The molecule has 0 aliphatic carbocycles. The maximum Gasteiger partial charge on any atom is 0.0652 e. The summed E-state index contributed by atoms with van der Waals surface area (Å²) in [5, 5.41) is 4.61. The second-order valence-electron chi connectivity index (χ2n) is 2.90. The molecule has 3 heteroatoms. The molecule has 0 saturated carbocycles. The normalized spacial score (nSPS) is 10.1. The Morgan fingerprint density at radius 1 is 1.31 bits per heavy atom. The SMILES string of the molecule is CCCCNc1ccc(Cl)cc1Cl. The molecule has 0 fully saturated rings. The highest BCUT2D eigenvalue weighted by molar-refractivity contribution is 6.36. The van der Waals surface area contributed by atoms with E-state index in [1.165, 1.54) is 6.42 Å². The van der Waals surface area contributed by atoms with Gasteiger partial charge in [0.2, 0.25) is 0 Å². The van der Waals surface area contributed by atoms with Gasteiger partial charge in [0.1, 0.15) is 0 Å². The van der Waals surface area contributed by atoms with Crippen LogP contribution in [-0.2, 0) is 0 Å². The molecule has 0 heterocycles. The lowest BCUT2D eigenvalue weighted by molar-refractivity contribution is 0.834. The summed E-state index contributed by atoms with van der Waals surface area (Å²) in [5.41, 5.74) is 0.958. The topological polar surface area (TPSA) is 12.0 Å². The van der Waals surface area contributed by atoms with Crippen molar-refractivity contribution < 1.29 is 0 Å². The highest BCUT2D eigenvalue weighted by Crippen LogP contribution is 2.25. The van der Waals surface area contributed by atoms with Gasteiger partial charge in [0.05, 0.1) is 10.7 Å². The van der Waals surface area contributed by atoms with Gasteiger partial charge in [-0.3, -0.25) is 0 Å². The van der Waals surface area contributed by atoms with Crippen LogP contribution in [0.2, 0.25) is 10.0 Å². The predicted molar refractivity (Wildman–Crippen MR) is 59.9 cm³/mol. The van der Waals surface area contributed by atoms with Crippen molar-refractivity contribution in [3.63, 3.8) is 0 Å². The first-order valence-electron chi connectivity index (χ1n) is 4.43. The van der Waals surface area contributed by atoms with Crippen molar-refractivity contribution in [2.45, 2.75) is 19.8 Å². The molecule has 0 aromatic heterocycles. The lowest BCUT2D eigenvalue weighted by atomic mass is 10.3.